The Morgan fingerprint density at radius 3 is 2.77 bits per heavy atom. The zero-order chi connectivity index (χ0) is 21.6. The van der Waals surface area contributed by atoms with Gasteiger partial charge in [0.1, 0.15) is 5.82 Å². The molecule has 0 saturated carbocycles. The Morgan fingerprint density at radius 1 is 1.30 bits per heavy atom. The summed E-state index contributed by atoms with van der Waals surface area (Å²) in [4.78, 5) is 30.9. The highest BCUT2D eigenvalue weighted by molar-refractivity contribution is 7.90. The summed E-state index contributed by atoms with van der Waals surface area (Å²) in [5.41, 5.74) is 0.989. The van der Waals surface area contributed by atoms with Gasteiger partial charge in [-0.2, -0.15) is 0 Å². The topological polar surface area (TPSA) is 96.4 Å². The quantitative estimate of drug-likeness (QED) is 0.633. The Balaban J connectivity index is 1.50. The van der Waals surface area contributed by atoms with Gasteiger partial charge in [-0.3, -0.25) is 9.59 Å². The van der Waals surface area contributed by atoms with Crippen LogP contribution >= 0.6 is 22.9 Å². The molecule has 1 N–H and O–H groups in total. The monoisotopic (exact) mass is 467 g/mol. The molecule has 1 fully saturated rings. The van der Waals surface area contributed by atoms with Crippen LogP contribution in [0.5, 0.6) is 0 Å². The molecule has 0 bridgehead atoms. The summed E-state index contributed by atoms with van der Waals surface area (Å²) in [6, 6.07) is 8.51. The van der Waals surface area contributed by atoms with Crippen LogP contribution < -0.4 is 10.2 Å². The first-order valence-corrected chi connectivity index (χ1v) is 11.9. The number of sulfone groups is 1. The number of benzene rings is 2. The lowest BCUT2D eigenvalue weighted by Crippen LogP contribution is -2.28. The van der Waals surface area contributed by atoms with Crippen molar-refractivity contribution in [1.82, 2.24) is 4.98 Å². The molecule has 0 aliphatic carbocycles. The van der Waals surface area contributed by atoms with Gasteiger partial charge in [0, 0.05) is 24.9 Å². The minimum absolute atomic E-state index is 0.00392. The second-order valence-corrected chi connectivity index (χ2v) is 10.4. The van der Waals surface area contributed by atoms with E-state index >= 15 is 0 Å². The van der Waals surface area contributed by atoms with Crippen molar-refractivity contribution < 1.29 is 22.4 Å². The van der Waals surface area contributed by atoms with Gasteiger partial charge in [-0.1, -0.05) is 22.9 Å². The molecule has 2 heterocycles. The van der Waals surface area contributed by atoms with Gasteiger partial charge in [0.2, 0.25) is 11.8 Å². The largest absolute Gasteiger partial charge is 0.312 e. The molecule has 156 valence electrons. The molecular weight excluding hydrogens is 453 g/mol. The van der Waals surface area contributed by atoms with Crippen molar-refractivity contribution in [2.45, 2.75) is 11.3 Å². The summed E-state index contributed by atoms with van der Waals surface area (Å²) in [5, 5.41) is 2.91. The van der Waals surface area contributed by atoms with Gasteiger partial charge in [-0.15, -0.1) is 0 Å². The third-order valence-corrected chi connectivity index (χ3v) is 7.06. The summed E-state index contributed by atoms with van der Waals surface area (Å²) in [7, 11) is -3.35. The molecule has 1 aliphatic heterocycles. The molecule has 2 amide bonds. The average molecular weight is 468 g/mol. The smallest absolute Gasteiger partial charge is 0.231 e. The summed E-state index contributed by atoms with van der Waals surface area (Å²) in [5.74, 6) is -1.84. The molecule has 3 aromatic rings. The Bertz CT molecular complexity index is 1290. The van der Waals surface area contributed by atoms with Crippen LogP contribution in [0.3, 0.4) is 0 Å². The number of amides is 2. The summed E-state index contributed by atoms with van der Waals surface area (Å²) < 4.78 is 37.4. The van der Waals surface area contributed by atoms with E-state index in [1.165, 1.54) is 35.2 Å². The number of nitrogens with one attached hydrogen (secondary N) is 1. The number of halogens is 2. The molecule has 1 unspecified atom stereocenters. The van der Waals surface area contributed by atoms with E-state index in [0.29, 0.717) is 21.0 Å². The number of nitrogens with zero attached hydrogens (tertiary/aromatic N) is 2. The fraction of sp³-hybridized carbons (Fsp3) is 0.211. The van der Waals surface area contributed by atoms with Crippen LogP contribution in [0.4, 0.5) is 15.2 Å². The van der Waals surface area contributed by atoms with E-state index in [4.69, 9.17) is 11.6 Å². The second-order valence-electron chi connectivity index (χ2n) is 6.91. The minimum atomic E-state index is -3.35. The van der Waals surface area contributed by atoms with Crippen molar-refractivity contribution in [3.8, 4) is 0 Å². The lowest BCUT2D eigenvalue weighted by atomic mass is 10.1. The number of hydrogen-bond acceptors (Lipinski definition) is 6. The molecule has 1 aromatic heterocycles. The number of fused-ring (bicyclic) bond motifs is 1. The minimum Gasteiger partial charge on any atom is -0.312 e. The normalized spacial score (nSPS) is 17.0. The maximum atomic E-state index is 13.4. The number of rotatable bonds is 4. The maximum absolute atomic E-state index is 13.4. The van der Waals surface area contributed by atoms with Crippen molar-refractivity contribution in [2.24, 2.45) is 5.92 Å². The maximum Gasteiger partial charge on any atom is 0.231 e. The number of thiazole rings is 1. The predicted octanol–water partition coefficient (Wildman–Crippen LogP) is 3.48. The Hall–Kier alpha value is -2.56. The molecule has 1 aliphatic rings. The van der Waals surface area contributed by atoms with E-state index in [-0.39, 0.29) is 34.7 Å². The van der Waals surface area contributed by atoms with Crippen LogP contribution in [0.25, 0.3) is 10.2 Å². The third-order valence-electron chi connectivity index (χ3n) is 4.73. The highest BCUT2D eigenvalue weighted by Crippen LogP contribution is 2.31. The van der Waals surface area contributed by atoms with Crippen LogP contribution in [0.2, 0.25) is 5.02 Å². The number of hydrogen-bond donors (Lipinski definition) is 1. The molecule has 0 radical (unpaired) electrons. The predicted molar refractivity (Wildman–Crippen MR) is 113 cm³/mol. The lowest BCUT2D eigenvalue weighted by molar-refractivity contribution is -0.122. The zero-order valence-electron chi connectivity index (χ0n) is 15.6. The van der Waals surface area contributed by atoms with E-state index < -0.39 is 21.6 Å². The van der Waals surface area contributed by atoms with E-state index in [2.05, 4.69) is 10.3 Å². The molecular formula is C19H15ClFN3O4S2. The Labute approximate surface area is 180 Å². The third kappa shape index (κ3) is 4.03. The number of carbonyl (C=O) groups is 2. The van der Waals surface area contributed by atoms with E-state index in [0.717, 1.165) is 17.6 Å². The van der Waals surface area contributed by atoms with Gasteiger partial charge in [0.05, 0.1) is 26.1 Å². The van der Waals surface area contributed by atoms with Crippen molar-refractivity contribution in [1.29, 1.82) is 0 Å². The molecule has 0 spiro atoms. The van der Waals surface area contributed by atoms with Crippen molar-refractivity contribution in [3.05, 3.63) is 47.2 Å². The van der Waals surface area contributed by atoms with E-state index in [1.54, 1.807) is 6.07 Å². The average Bonchev–Trinajstić information content (AvgIpc) is 3.25. The Morgan fingerprint density at radius 2 is 2.07 bits per heavy atom. The molecule has 4 rings (SSSR count). The van der Waals surface area contributed by atoms with Crippen molar-refractivity contribution in [2.75, 3.05) is 23.0 Å². The van der Waals surface area contributed by atoms with Gasteiger partial charge < -0.3 is 10.2 Å². The van der Waals surface area contributed by atoms with Gasteiger partial charge in [0.25, 0.3) is 0 Å². The number of aromatic nitrogens is 1. The van der Waals surface area contributed by atoms with Crippen LogP contribution in [0, 0.1) is 11.7 Å². The van der Waals surface area contributed by atoms with Crippen LogP contribution in [-0.4, -0.2) is 38.0 Å². The standard InChI is InChI=1S/C19H15ClFN3O4S2/c1-30(27,28)12-3-5-15-16(8-12)29-19(22-15)23-18(26)10-6-17(25)24(9-10)11-2-4-14(21)13(20)7-11/h2-5,7-8,10H,6,9H2,1H3,(H,22,23,26). The number of carbonyl (C=O) groups excluding carboxylic acids is 2. The van der Waals surface area contributed by atoms with Crippen molar-refractivity contribution >= 4 is 65.6 Å². The molecule has 1 saturated heterocycles. The Kier molecular flexibility index (Phi) is 5.25. The highest BCUT2D eigenvalue weighted by atomic mass is 35.5. The van der Waals surface area contributed by atoms with E-state index in [1.807, 2.05) is 0 Å². The summed E-state index contributed by atoms with van der Waals surface area (Å²) >= 11 is 6.94. The zero-order valence-corrected chi connectivity index (χ0v) is 17.9. The molecule has 2 aromatic carbocycles. The van der Waals surface area contributed by atoms with Crippen molar-refractivity contribution in [3.63, 3.8) is 0 Å². The lowest BCUT2D eigenvalue weighted by Gasteiger charge is -2.17. The van der Waals surface area contributed by atoms with Crippen LogP contribution in [0.1, 0.15) is 6.42 Å². The SMILES string of the molecule is CS(=O)(=O)c1ccc2nc(NC(=O)C3CC(=O)N(c4ccc(F)c(Cl)c4)C3)sc2c1. The first kappa shape index (κ1) is 20.7. The fourth-order valence-electron chi connectivity index (χ4n) is 3.18. The molecule has 11 heteroatoms. The van der Waals surface area contributed by atoms with Gasteiger partial charge >= 0.3 is 0 Å². The second kappa shape index (κ2) is 7.60. The van der Waals surface area contributed by atoms with Crippen LogP contribution in [0.15, 0.2) is 41.3 Å². The van der Waals surface area contributed by atoms with Crippen LogP contribution in [-0.2, 0) is 19.4 Å². The van der Waals surface area contributed by atoms with Gasteiger partial charge in [-0.05, 0) is 36.4 Å². The van der Waals surface area contributed by atoms with Gasteiger partial charge in [0.15, 0.2) is 15.0 Å². The highest BCUT2D eigenvalue weighted by Gasteiger charge is 2.35. The first-order valence-electron chi connectivity index (χ1n) is 8.79. The molecule has 7 nitrogen and oxygen atoms in total. The first-order chi connectivity index (χ1) is 14.1. The summed E-state index contributed by atoms with van der Waals surface area (Å²) in [6.07, 6.45) is 1.12. The van der Waals surface area contributed by atoms with Gasteiger partial charge in [-0.25, -0.2) is 17.8 Å². The molecule has 1 atom stereocenters. The molecule has 30 heavy (non-hydrogen) atoms. The number of anilines is 2. The fourth-order valence-corrected chi connectivity index (χ4v) is 4.99. The summed E-state index contributed by atoms with van der Waals surface area (Å²) in [6.45, 7) is 0.135. The van der Waals surface area contributed by atoms with E-state index in [9.17, 15) is 22.4 Å².